The van der Waals surface area contributed by atoms with Gasteiger partial charge in [0.2, 0.25) is 0 Å². The molecule has 0 saturated heterocycles. The summed E-state index contributed by atoms with van der Waals surface area (Å²) in [4.78, 5) is 12.0. The Balaban J connectivity index is 2.35. The number of benzene rings is 2. The first kappa shape index (κ1) is 13.1. The third-order valence-corrected chi connectivity index (χ3v) is 3.52. The van der Waals surface area contributed by atoms with Gasteiger partial charge in [-0.2, -0.15) is 0 Å². The van der Waals surface area contributed by atoms with Crippen molar-refractivity contribution in [3.8, 4) is 0 Å². The van der Waals surface area contributed by atoms with Gasteiger partial charge in [0, 0.05) is 20.4 Å². The predicted octanol–water partition coefficient (Wildman–Crippen LogP) is 4.58. The number of aldehydes is 1. The number of rotatable bonds is 3. The first-order chi connectivity index (χ1) is 8.60. The van der Waals surface area contributed by atoms with E-state index in [1.165, 1.54) is 6.07 Å². The summed E-state index contributed by atoms with van der Waals surface area (Å²) in [5.41, 5.74) is 0.453. The van der Waals surface area contributed by atoms with Gasteiger partial charge in [-0.3, -0.25) is 4.79 Å². The molecule has 92 valence electrons. The maximum Gasteiger partial charge on any atom is 0.159 e. The van der Waals surface area contributed by atoms with E-state index in [-0.39, 0.29) is 0 Å². The molecule has 0 aliphatic rings. The van der Waals surface area contributed by atoms with Gasteiger partial charge in [-0.1, -0.05) is 23.4 Å². The maximum atomic E-state index is 13.1. The summed E-state index contributed by atoms with van der Waals surface area (Å²) in [5.74, 6) is -1.82. The van der Waals surface area contributed by atoms with Crippen LogP contribution in [-0.4, -0.2) is 6.29 Å². The maximum absolute atomic E-state index is 13.1. The average Bonchev–Trinajstić information content (AvgIpc) is 2.34. The molecule has 18 heavy (non-hydrogen) atoms. The van der Waals surface area contributed by atoms with E-state index in [0.29, 0.717) is 26.7 Å². The van der Waals surface area contributed by atoms with Crippen LogP contribution in [0.5, 0.6) is 0 Å². The van der Waals surface area contributed by atoms with Gasteiger partial charge < -0.3 is 0 Å². The summed E-state index contributed by atoms with van der Waals surface area (Å²) in [5, 5.41) is 0.477. The zero-order valence-corrected chi connectivity index (χ0v) is 10.6. The first-order valence-electron chi connectivity index (χ1n) is 4.98. The van der Waals surface area contributed by atoms with Crippen molar-refractivity contribution in [2.75, 3.05) is 0 Å². The van der Waals surface area contributed by atoms with Gasteiger partial charge in [-0.25, -0.2) is 8.78 Å². The SMILES string of the molecule is O=Cc1ccc(Cl)cc1Sc1ccc(F)c(F)c1. The second-order valence-electron chi connectivity index (χ2n) is 3.48. The highest BCUT2D eigenvalue weighted by Crippen LogP contribution is 2.32. The van der Waals surface area contributed by atoms with Gasteiger partial charge in [0.15, 0.2) is 17.9 Å². The number of halogens is 3. The fourth-order valence-electron chi connectivity index (χ4n) is 1.36. The minimum Gasteiger partial charge on any atom is -0.298 e. The molecule has 0 aliphatic heterocycles. The summed E-state index contributed by atoms with van der Waals surface area (Å²) >= 11 is 6.99. The molecule has 0 fully saturated rings. The van der Waals surface area contributed by atoms with Crippen LogP contribution < -0.4 is 0 Å². The summed E-state index contributed by atoms with van der Waals surface area (Å²) in [6, 6.07) is 8.35. The molecule has 5 heteroatoms. The molecule has 0 N–H and O–H groups in total. The molecule has 0 saturated carbocycles. The van der Waals surface area contributed by atoms with Crippen LogP contribution in [0.25, 0.3) is 0 Å². The molecule has 2 aromatic carbocycles. The summed E-state index contributed by atoms with van der Waals surface area (Å²) < 4.78 is 25.8. The van der Waals surface area contributed by atoms with Crippen molar-refractivity contribution < 1.29 is 13.6 Å². The van der Waals surface area contributed by atoms with E-state index in [0.717, 1.165) is 23.9 Å². The zero-order valence-electron chi connectivity index (χ0n) is 8.99. The van der Waals surface area contributed by atoms with Gasteiger partial charge in [0.25, 0.3) is 0 Å². The molecule has 0 bridgehead atoms. The van der Waals surface area contributed by atoms with Crippen LogP contribution >= 0.6 is 23.4 Å². The number of carbonyl (C=O) groups is 1. The molecule has 2 rings (SSSR count). The van der Waals surface area contributed by atoms with Crippen molar-refractivity contribution in [3.63, 3.8) is 0 Å². The fourth-order valence-corrected chi connectivity index (χ4v) is 2.57. The Morgan fingerprint density at radius 3 is 2.50 bits per heavy atom. The van der Waals surface area contributed by atoms with E-state index in [1.807, 2.05) is 0 Å². The average molecular weight is 285 g/mol. The van der Waals surface area contributed by atoms with Gasteiger partial charge >= 0.3 is 0 Å². The Labute approximate surface area is 112 Å². The molecule has 0 radical (unpaired) electrons. The number of hydrogen-bond donors (Lipinski definition) is 0. The van der Waals surface area contributed by atoms with Crippen LogP contribution in [0.15, 0.2) is 46.2 Å². The molecule has 0 spiro atoms. The van der Waals surface area contributed by atoms with Crippen molar-refractivity contribution in [1.82, 2.24) is 0 Å². The molecule has 2 aromatic rings. The molecule has 0 amide bonds. The zero-order chi connectivity index (χ0) is 13.1. The lowest BCUT2D eigenvalue weighted by Gasteiger charge is -2.05. The topological polar surface area (TPSA) is 17.1 Å². The van der Waals surface area contributed by atoms with E-state index < -0.39 is 11.6 Å². The van der Waals surface area contributed by atoms with Crippen molar-refractivity contribution in [1.29, 1.82) is 0 Å². The van der Waals surface area contributed by atoms with E-state index in [2.05, 4.69) is 0 Å². The monoisotopic (exact) mass is 284 g/mol. The molecule has 1 nitrogen and oxygen atoms in total. The van der Waals surface area contributed by atoms with E-state index in [9.17, 15) is 13.6 Å². The van der Waals surface area contributed by atoms with E-state index in [4.69, 9.17) is 11.6 Å². The van der Waals surface area contributed by atoms with Crippen molar-refractivity contribution >= 4 is 29.6 Å². The molecule has 0 heterocycles. The van der Waals surface area contributed by atoms with Crippen LogP contribution in [0, 0.1) is 11.6 Å². The van der Waals surface area contributed by atoms with Crippen molar-refractivity contribution in [3.05, 3.63) is 58.6 Å². The van der Waals surface area contributed by atoms with E-state index >= 15 is 0 Å². The van der Waals surface area contributed by atoms with Crippen LogP contribution in [0.2, 0.25) is 5.02 Å². The Morgan fingerprint density at radius 2 is 1.83 bits per heavy atom. The van der Waals surface area contributed by atoms with Gasteiger partial charge in [-0.15, -0.1) is 0 Å². The second-order valence-corrected chi connectivity index (χ2v) is 5.03. The van der Waals surface area contributed by atoms with Crippen molar-refractivity contribution in [2.45, 2.75) is 9.79 Å². The number of hydrogen-bond acceptors (Lipinski definition) is 2. The third kappa shape index (κ3) is 2.89. The van der Waals surface area contributed by atoms with Gasteiger partial charge in [0.05, 0.1) is 0 Å². The molecule has 0 aliphatic carbocycles. The highest BCUT2D eigenvalue weighted by atomic mass is 35.5. The van der Waals surface area contributed by atoms with Gasteiger partial charge in [-0.05, 0) is 36.4 Å². The van der Waals surface area contributed by atoms with Gasteiger partial charge in [0.1, 0.15) is 0 Å². The third-order valence-electron chi connectivity index (χ3n) is 2.22. The lowest BCUT2D eigenvalue weighted by Crippen LogP contribution is -1.87. The Kier molecular flexibility index (Phi) is 3.99. The minimum absolute atomic E-state index is 0.453. The highest BCUT2D eigenvalue weighted by Gasteiger charge is 2.07. The molecule has 0 aromatic heterocycles. The normalized spacial score (nSPS) is 10.4. The van der Waals surface area contributed by atoms with Crippen LogP contribution in [-0.2, 0) is 0 Å². The predicted molar refractivity (Wildman–Crippen MR) is 67.3 cm³/mol. The highest BCUT2D eigenvalue weighted by molar-refractivity contribution is 7.99. The standard InChI is InChI=1S/C13H7ClF2OS/c14-9-2-1-8(7-17)13(5-9)18-10-3-4-11(15)12(16)6-10/h1-7H. The van der Waals surface area contributed by atoms with Crippen LogP contribution in [0.4, 0.5) is 8.78 Å². The molecular formula is C13H7ClF2OS. The first-order valence-corrected chi connectivity index (χ1v) is 6.17. The molecule has 0 atom stereocenters. The summed E-state index contributed by atoms with van der Waals surface area (Å²) in [7, 11) is 0. The summed E-state index contributed by atoms with van der Waals surface area (Å²) in [6.07, 6.45) is 0.693. The van der Waals surface area contributed by atoms with Crippen LogP contribution in [0.3, 0.4) is 0 Å². The smallest absolute Gasteiger partial charge is 0.159 e. The van der Waals surface area contributed by atoms with Crippen LogP contribution in [0.1, 0.15) is 10.4 Å². The van der Waals surface area contributed by atoms with E-state index in [1.54, 1.807) is 18.2 Å². The Bertz CT molecular complexity index is 602. The fraction of sp³-hybridized carbons (Fsp3) is 0. The summed E-state index contributed by atoms with van der Waals surface area (Å²) in [6.45, 7) is 0. The quantitative estimate of drug-likeness (QED) is 0.767. The Hall–Kier alpha value is -1.39. The molecular weight excluding hydrogens is 278 g/mol. The largest absolute Gasteiger partial charge is 0.298 e. The molecule has 0 unspecified atom stereocenters. The Morgan fingerprint density at radius 1 is 1.06 bits per heavy atom. The number of carbonyl (C=O) groups excluding carboxylic acids is 1. The lowest BCUT2D eigenvalue weighted by atomic mass is 10.2. The van der Waals surface area contributed by atoms with Crippen molar-refractivity contribution in [2.24, 2.45) is 0 Å². The second kappa shape index (κ2) is 5.50. The minimum atomic E-state index is -0.922. The lowest BCUT2D eigenvalue weighted by molar-refractivity contribution is 0.112.